The van der Waals surface area contributed by atoms with E-state index in [0.29, 0.717) is 12.0 Å². The first-order chi connectivity index (χ1) is 7.83. The van der Waals surface area contributed by atoms with E-state index in [4.69, 9.17) is 5.73 Å². The molecule has 0 aliphatic heterocycles. The standard InChI is InChI=1S/C14H28N2O/c1-10(2)9-11(15)13(17)16-12-7-5-6-8-14(12,3)4/h10-12H,5-9,15H2,1-4H3,(H,16,17)/t11-,12?/m0/s1. The molecule has 1 saturated carbocycles. The molecule has 1 aliphatic rings. The molecule has 17 heavy (non-hydrogen) atoms. The molecule has 2 atom stereocenters. The molecule has 3 heteroatoms. The Morgan fingerprint density at radius 3 is 2.59 bits per heavy atom. The Balaban J connectivity index is 2.49. The van der Waals surface area contributed by atoms with E-state index in [1.165, 1.54) is 19.3 Å². The first-order valence-corrected chi connectivity index (χ1v) is 6.89. The summed E-state index contributed by atoms with van der Waals surface area (Å²) in [4.78, 5) is 12.0. The molecule has 0 spiro atoms. The first-order valence-electron chi connectivity index (χ1n) is 6.89. The lowest BCUT2D eigenvalue weighted by Crippen LogP contribution is -2.52. The van der Waals surface area contributed by atoms with Gasteiger partial charge in [0.05, 0.1) is 6.04 Å². The Bertz CT molecular complexity index is 261. The molecular weight excluding hydrogens is 212 g/mol. The fourth-order valence-electron chi connectivity index (χ4n) is 2.66. The average Bonchev–Trinajstić information content (AvgIpc) is 2.19. The van der Waals surface area contributed by atoms with Gasteiger partial charge in [-0.3, -0.25) is 4.79 Å². The molecule has 0 aromatic carbocycles. The van der Waals surface area contributed by atoms with Crippen LogP contribution in [0.2, 0.25) is 0 Å². The number of carbonyl (C=O) groups excluding carboxylic acids is 1. The van der Waals surface area contributed by atoms with Gasteiger partial charge in [0.15, 0.2) is 0 Å². The highest BCUT2D eigenvalue weighted by Gasteiger charge is 2.33. The number of hydrogen-bond donors (Lipinski definition) is 2. The van der Waals surface area contributed by atoms with Gasteiger partial charge in [-0.25, -0.2) is 0 Å². The van der Waals surface area contributed by atoms with Crippen molar-refractivity contribution in [2.45, 2.75) is 71.9 Å². The van der Waals surface area contributed by atoms with Gasteiger partial charge in [0.25, 0.3) is 0 Å². The fraction of sp³-hybridized carbons (Fsp3) is 0.929. The van der Waals surface area contributed by atoms with Crippen molar-refractivity contribution in [3.63, 3.8) is 0 Å². The maximum atomic E-state index is 12.0. The average molecular weight is 240 g/mol. The highest BCUT2D eigenvalue weighted by Crippen LogP contribution is 2.35. The second-order valence-corrected chi connectivity index (χ2v) is 6.53. The van der Waals surface area contributed by atoms with Crippen LogP contribution in [-0.4, -0.2) is 18.0 Å². The molecule has 3 N–H and O–H groups in total. The summed E-state index contributed by atoms with van der Waals surface area (Å²) in [6.45, 7) is 8.67. The van der Waals surface area contributed by atoms with Gasteiger partial charge in [-0.15, -0.1) is 0 Å². The second kappa shape index (κ2) is 5.85. The summed E-state index contributed by atoms with van der Waals surface area (Å²) >= 11 is 0. The third-order valence-electron chi connectivity index (χ3n) is 3.89. The lowest BCUT2D eigenvalue weighted by atomic mass is 9.73. The molecule has 0 heterocycles. The zero-order chi connectivity index (χ0) is 13.1. The quantitative estimate of drug-likeness (QED) is 0.793. The Morgan fingerprint density at radius 2 is 2.06 bits per heavy atom. The van der Waals surface area contributed by atoms with E-state index in [9.17, 15) is 4.79 Å². The van der Waals surface area contributed by atoms with Crippen molar-refractivity contribution in [3.8, 4) is 0 Å². The monoisotopic (exact) mass is 240 g/mol. The van der Waals surface area contributed by atoms with Gasteiger partial charge in [-0.1, -0.05) is 40.5 Å². The predicted octanol–water partition coefficient (Wildman–Crippen LogP) is 2.44. The number of rotatable bonds is 4. The molecule has 100 valence electrons. The molecule has 0 saturated heterocycles. The van der Waals surface area contributed by atoms with Crippen LogP contribution in [-0.2, 0) is 4.79 Å². The largest absolute Gasteiger partial charge is 0.351 e. The highest BCUT2D eigenvalue weighted by atomic mass is 16.2. The maximum absolute atomic E-state index is 12.0. The van der Waals surface area contributed by atoms with Crippen molar-refractivity contribution >= 4 is 5.91 Å². The van der Waals surface area contributed by atoms with Gasteiger partial charge in [0, 0.05) is 6.04 Å². The van der Waals surface area contributed by atoms with E-state index < -0.39 is 0 Å². The van der Waals surface area contributed by atoms with Gasteiger partial charge in [-0.2, -0.15) is 0 Å². The Labute approximate surface area is 106 Å². The number of carbonyl (C=O) groups is 1. The van der Waals surface area contributed by atoms with Crippen LogP contribution in [0, 0.1) is 11.3 Å². The highest BCUT2D eigenvalue weighted by molar-refractivity contribution is 5.81. The van der Waals surface area contributed by atoms with E-state index >= 15 is 0 Å². The lowest BCUT2D eigenvalue weighted by molar-refractivity contribution is -0.124. The van der Waals surface area contributed by atoms with Crippen molar-refractivity contribution in [1.82, 2.24) is 5.32 Å². The zero-order valence-corrected chi connectivity index (χ0v) is 11.8. The predicted molar refractivity (Wildman–Crippen MR) is 71.6 cm³/mol. The van der Waals surface area contributed by atoms with E-state index in [2.05, 4.69) is 33.0 Å². The van der Waals surface area contributed by atoms with Crippen LogP contribution in [0.1, 0.15) is 59.8 Å². The minimum Gasteiger partial charge on any atom is -0.351 e. The third-order valence-corrected chi connectivity index (χ3v) is 3.89. The zero-order valence-electron chi connectivity index (χ0n) is 11.8. The Hall–Kier alpha value is -0.570. The van der Waals surface area contributed by atoms with Crippen LogP contribution in [0.25, 0.3) is 0 Å². The van der Waals surface area contributed by atoms with E-state index in [1.54, 1.807) is 0 Å². The van der Waals surface area contributed by atoms with Crippen molar-refractivity contribution in [3.05, 3.63) is 0 Å². The van der Waals surface area contributed by atoms with Crippen LogP contribution in [0.5, 0.6) is 0 Å². The maximum Gasteiger partial charge on any atom is 0.237 e. The van der Waals surface area contributed by atoms with Gasteiger partial charge >= 0.3 is 0 Å². The van der Waals surface area contributed by atoms with E-state index in [-0.39, 0.29) is 17.4 Å². The number of nitrogens with two attached hydrogens (primary N) is 1. The molecule has 1 aliphatic carbocycles. The van der Waals surface area contributed by atoms with Crippen molar-refractivity contribution in [2.24, 2.45) is 17.1 Å². The third kappa shape index (κ3) is 4.30. The summed E-state index contributed by atoms with van der Waals surface area (Å²) in [5.41, 5.74) is 6.13. The van der Waals surface area contributed by atoms with E-state index in [1.807, 2.05) is 0 Å². The minimum atomic E-state index is -0.354. The molecule has 3 nitrogen and oxygen atoms in total. The molecule has 0 radical (unpaired) electrons. The summed E-state index contributed by atoms with van der Waals surface area (Å²) in [5.74, 6) is 0.494. The van der Waals surface area contributed by atoms with Crippen LogP contribution >= 0.6 is 0 Å². The summed E-state index contributed by atoms with van der Waals surface area (Å²) < 4.78 is 0. The number of hydrogen-bond acceptors (Lipinski definition) is 2. The smallest absolute Gasteiger partial charge is 0.237 e. The minimum absolute atomic E-state index is 0.0266. The fourth-order valence-corrected chi connectivity index (χ4v) is 2.66. The molecule has 1 unspecified atom stereocenters. The number of nitrogens with one attached hydrogen (secondary N) is 1. The first kappa shape index (κ1) is 14.5. The molecular formula is C14H28N2O. The SMILES string of the molecule is CC(C)C[C@H](N)C(=O)NC1CCCCC1(C)C. The van der Waals surface area contributed by atoms with Crippen LogP contribution in [0.3, 0.4) is 0 Å². The topological polar surface area (TPSA) is 55.1 Å². The van der Waals surface area contributed by atoms with Crippen LogP contribution < -0.4 is 11.1 Å². The van der Waals surface area contributed by atoms with Crippen LogP contribution in [0.15, 0.2) is 0 Å². The molecule has 1 amide bonds. The Kier molecular flexibility index (Phi) is 4.99. The van der Waals surface area contributed by atoms with Crippen LogP contribution in [0.4, 0.5) is 0 Å². The van der Waals surface area contributed by atoms with Gasteiger partial charge in [0.1, 0.15) is 0 Å². The summed E-state index contributed by atoms with van der Waals surface area (Å²) in [6.07, 6.45) is 5.54. The van der Waals surface area contributed by atoms with E-state index in [0.717, 1.165) is 12.8 Å². The van der Waals surface area contributed by atoms with Crippen molar-refractivity contribution in [1.29, 1.82) is 0 Å². The van der Waals surface area contributed by atoms with Gasteiger partial charge in [-0.05, 0) is 30.6 Å². The summed E-state index contributed by atoms with van der Waals surface area (Å²) in [5, 5.41) is 3.15. The molecule has 1 fully saturated rings. The molecule has 0 aromatic heterocycles. The molecule has 0 bridgehead atoms. The summed E-state index contributed by atoms with van der Waals surface area (Å²) in [6, 6.07) is -0.0605. The van der Waals surface area contributed by atoms with Crippen molar-refractivity contribution < 1.29 is 4.79 Å². The molecule has 1 rings (SSSR count). The van der Waals surface area contributed by atoms with Gasteiger partial charge in [0.2, 0.25) is 5.91 Å². The second-order valence-electron chi connectivity index (χ2n) is 6.53. The number of amides is 1. The van der Waals surface area contributed by atoms with Gasteiger partial charge < -0.3 is 11.1 Å². The van der Waals surface area contributed by atoms with Crippen molar-refractivity contribution in [2.75, 3.05) is 0 Å². The lowest BCUT2D eigenvalue weighted by Gasteiger charge is -2.39. The summed E-state index contributed by atoms with van der Waals surface area (Å²) in [7, 11) is 0. The normalized spacial score (nSPS) is 25.6. The molecule has 0 aromatic rings. The Morgan fingerprint density at radius 1 is 1.41 bits per heavy atom.